The Balaban J connectivity index is 1.44. The first-order valence-corrected chi connectivity index (χ1v) is 10.3. The van der Waals surface area contributed by atoms with Crippen LogP contribution in [-0.2, 0) is 17.9 Å². The molecular weight excluding hydrogens is 380 g/mol. The number of carbonyl (C=O) groups excluding carboxylic acids is 1. The zero-order chi connectivity index (χ0) is 21.3. The largest absolute Gasteiger partial charge is 0.493 e. The van der Waals surface area contributed by atoms with E-state index in [-0.39, 0.29) is 5.91 Å². The summed E-state index contributed by atoms with van der Waals surface area (Å²) in [6.07, 6.45) is 1.24. The number of nitrogens with one attached hydrogen (secondary N) is 2. The molecular formula is C23H30N4O3. The number of nitrogens with zero attached hydrogens (tertiary/aromatic N) is 2. The van der Waals surface area contributed by atoms with Crippen molar-refractivity contribution in [2.24, 2.45) is 4.99 Å². The SMILES string of the molecule is CCOc1cc(NC(=NC)NCCCC(=O)N2Cc3ccccc3C2)ccc1OC. The summed E-state index contributed by atoms with van der Waals surface area (Å²) < 4.78 is 10.9. The van der Waals surface area contributed by atoms with E-state index in [4.69, 9.17) is 9.47 Å². The van der Waals surface area contributed by atoms with Crippen molar-refractivity contribution in [3.05, 3.63) is 53.6 Å². The molecule has 0 saturated heterocycles. The van der Waals surface area contributed by atoms with Gasteiger partial charge < -0.3 is 25.0 Å². The van der Waals surface area contributed by atoms with Gasteiger partial charge in [0.25, 0.3) is 0 Å². The Morgan fingerprint density at radius 2 is 1.87 bits per heavy atom. The third-order valence-corrected chi connectivity index (χ3v) is 5.00. The number of benzene rings is 2. The number of hydrogen-bond donors (Lipinski definition) is 2. The van der Waals surface area contributed by atoms with Crippen LogP contribution in [0.25, 0.3) is 0 Å². The summed E-state index contributed by atoms with van der Waals surface area (Å²) >= 11 is 0. The number of methoxy groups -OCH3 is 1. The Kier molecular flexibility index (Phi) is 7.54. The molecule has 7 heteroatoms. The fraction of sp³-hybridized carbons (Fsp3) is 0.391. The second kappa shape index (κ2) is 10.5. The van der Waals surface area contributed by atoms with E-state index in [0.717, 1.165) is 12.1 Å². The predicted molar refractivity (Wildman–Crippen MR) is 119 cm³/mol. The lowest BCUT2D eigenvalue weighted by molar-refractivity contribution is -0.131. The number of fused-ring (bicyclic) bond motifs is 1. The molecule has 1 aliphatic rings. The molecule has 3 rings (SSSR count). The molecule has 0 saturated carbocycles. The molecule has 160 valence electrons. The molecule has 2 aromatic carbocycles. The van der Waals surface area contributed by atoms with Crippen LogP contribution in [0.4, 0.5) is 5.69 Å². The highest BCUT2D eigenvalue weighted by Gasteiger charge is 2.22. The van der Waals surface area contributed by atoms with Crippen molar-refractivity contribution in [3.8, 4) is 11.5 Å². The first kappa shape index (κ1) is 21.5. The fourth-order valence-corrected chi connectivity index (χ4v) is 3.45. The molecule has 1 heterocycles. The summed E-state index contributed by atoms with van der Waals surface area (Å²) in [4.78, 5) is 18.7. The maximum atomic E-state index is 12.5. The lowest BCUT2D eigenvalue weighted by Gasteiger charge is -2.16. The number of hydrogen-bond acceptors (Lipinski definition) is 4. The van der Waals surface area contributed by atoms with E-state index in [1.807, 2.05) is 42.2 Å². The standard InChI is InChI=1S/C23H30N4O3/c1-4-30-21-14-19(11-12-20(21)29-3)26-23(24-2)25-13-7-10-22(28)27-15-17-8-5-6-9-18(17)16-27/h5-6,8-9,11-12,14H,4,7,10,13,15-16H2,1-3H3,(H2,24,25,26). The van der Waals surface area contributed by atoms with Crippen LogP contribution in [0.1, 0.15) is 30.9 Å². The van der Waals surface area contributed by atoms with Crippen LogP contribution < -0.4 is 20.1 Å². The van der Waals surface area contributed by atoms with Crippen LogP contribution in [-0.4, -0.2) is 44.1 Å². The van der Waals surface area contributed by atoms with Gasteiger partial charge in [0, 0.05) is 44.9 Å². The van der Waals surface area contributed by atoms with Gasteiger partial charge in [0.05, 0.1) is 13.7 Å². The van der Waals surface area contributed by atoms with Crippen LogP contribution in [0.2, 0.25) is 0 Å². The average Bonchev–Trinajstić information content (AvgIpc) is 3.20. The Morgan fingerprint density at radius 3 is 2.50 bits per heavy atom. The Labute approximate surface area is 178 Å². The first-order valence-electron chi connectivity index (χ1n) is 10.3. The van der Waals surface area contributed by atoms with Crippen LogP contribution >= 0.6 is 0 Å². The summed E-state index contributed by atoms with van der Waals surface area (Å²) in [5, 5.41) is 6.50. The number of amides is 1. The van der Waals surface area contributed by atoms with Crippen molar-refractivity contribution in [1.29, 1.82) is 0 Å². The normalized spacial score (nSPS) is 13.0. The van der Waals surface area contributed by atoms with Crippen molar-refractivity contribution in [2.75, 3.05) is 32.6 Å². The van der Waals surface area contributed by atoms with E-state index in [1.54, 1.807) is 14.2 Å². The third kappa shape index (κ3) is 5.43. The van der Waals surface area contributed by atoms with Crippen molar-refractivity contribution in [2.45, 2.75) is 32.9 Å². The molecule has 0 spiro atoms. The Bertz CT molecular complexity index is 873. The smallest absolute Gasteiger partial charge is 0.223 e. The van der Waals surface area contributed by atoms with E-state index in [0.29, 0.717) is 50.1 Å². The summed E-state index contributed by atoms with van der Waals surface area (Å²) in [5.41, 5.74) is 3.34. The van der Waals surface area contributed by atoms with Gasteiger partial charge in [-0.1, -0.05) is 24.3 Å². The molecule has 0 fully saturated rings. The van der Waals surface area contributed by atoms with E-state index < -0.39 is 0 Å². The Hall–Kier alpha value is -3.22. The van der Waals surface area contributed by atoms with Gasteiger partial charge in [-0.3, -0.25) is 9.79 Å². The van der Waals surface area contributed by atoms with Crippen LogP contribution in [0, 0.1) is 0 Å². The van der Waals surface area contributed by atoms with Gasteiger partial charge in [-0.2, -0.15) is 0 Å². The minimum Gasteiger partial charge on any atom is -0.493 e. The van der Waals surface area contributed by atoms with Gasteiger partial charge >= 0.3 is 0 Å². The zero-order valence-electron chi connectivity index (χ0n) is 17.9. The zero-order valence-corrected chi connectivity index (χ0v) is 17.9. The lowest BCUT2D eigenvalue weighted by Crippen LogP contribution is -2.32. The first-order chi connectivity index (χ1) is 14.6. The number of anilines is 1. The van der Waals surface area contributed by atoms with Gasteiger partial charge in [0.2, 0.25) is 5.91 Å². The predicted octanol–water partition coefficient (Wildman–Crippen LogP) is 3.40. The molecule has 0 aromatic heterocycles. The molecule has 2 aromatic rings. The quantitative estimate of drug-likeness (QED) is 0.396. The highest BCUT2D eigenvalue weighted by atomic mass is 16.5. The van der Waals surface area contributed by atoms with Gasteiger partial charge in [-0.25, -0.2) is 0 Å². The van der Waals surface area contributed by atoms with Crippen molar-refractivity contribution < 1.29 is 14.3 Å². The van der Waals surface area contributed by atoms with Gasteiger partial charge in [0.15, 0.2) is 17.5 Å². The molecule has 0 aliphatic carbocycles. The highest BCUT2D eigenvalue weighted by Crippen LogP contribution is 2.30. The third-order valence-electron chi connectivity index (χ3n) is 5.00. The topological polar surface area (TPSA) is 75.2 Å². The minimum atomic E-state index is 0.187. The van der Waals surface area contributed by atoms with Crippen molar-refractivity contribution >= 4 is 17.6 Å². The molecule has 30 heavy (non-hydrogen) atoms. The maximum absolute atomic E-state index is 12.5. The molecule has 0 atom stereocenters. The number of rotatable bonds is 8. The van der Waals surface area contributed by atoms with Crippen molar-refractivity contribution in [3.63, 3.8) is 0 Å². The van der Waals surface area contributed by atoms with Crippen molar-refractivity contribution in [1.82, 2.24) is 10.2 Å². The summed E-state index contributed by atoms with van der Waals surface area (Å²) in [6, 6.07) is 13.9. The Morgan fingerprint density at radius 1 is 1.13 bits per heavy atom. The number of ether oxygens (including phenoxy) is 2. The summed E-state index contributed by atoms with van der Waals surface area (Å²) in [5.74, 6) is 2.20. The van der Waals surface area contributed by atoms with Crippen LogP contribution in [0.5, 0.6) is 11.5 Å². The van der Waals surface area contributed by atoms with Gasteiger partial charge in [0.1, 0.15) is 0 Å². The van der Waals surface area contributed by atoms with E-state index in [2.05, 4.69) is 27.8 Å². The molecule has 0 bridgehead atoms. The molecule has 0 unspecified atom stereocenters. The molecule has 7 nitrogen and oxygen atoms in total. The minimum absolute atomic E-state index is 0.187. The summed E-state index contributed by atoms with van der Waals surface area (Å²) in [7, 11) is 3.34. The van der Waals surface area contributed by atoms with E-state index in [1.165, 1.54) is 11.1 Å². The van der Waals surface area contributed by atoms with Crippen LogP contribution in [0.15, 0.2) is 47.5 Å². The molecule has 1 aliphatic heterocycles. The lowest BCUT2D eigenvalue weighted by atomic mass is 10.1. The van der Waals surface area contributed by atoms with E-state index in [9.17, 15) is 4.79 Å². The van der Waals surface area contributed by atoms with Crippen LogP contribution in [0.3, 0.4) is 0 Å². The van der Waals surface area contributed by atoms with Gasteiger partial charge in [-0.15, -0.1) is 0 Å². The molecule has 2 N–H and O–H groups in total. The summed E-state index contributed by atoms with van der Waals surface area (Å²) in [6.45, 7) is 4.57. The molecule has 0 radical (unpaired) electrons. The number of aliphatic imine (C=N–C) groups is 1. The average molecular weight is 411 g/mol. The second-order valence-electron chi connectivity index (χ2n) is 7.04. The van der Waals surface area contributed by atoms with E-state index >= 15 is 0 Å². The highest BCUT2D eigenvalue weighted by molar-refractivity contribution is 5.93. The fourth-order valence-electron chi connectivity index (χ4n) is 3.45. The monoisotopic (exact) mass is 410 g/mol. The molecule has 1 amide bonds. The van der Waals surface area contributed by atoms with Gasteiger partial charge in [-0.05, 0) is 36.6 Å². The second-order valence-corrected chi connectivity index (χ2v) is 7.04. The maximum Gasteiger partial charge on any atom is 0.223 e. The number of carbonyl (C=O) groups is 1. The number of guanidine groups is 1.